The average molecular weight is 421 g/mol. The van der Waals surface area contributed by atoms with E-state index in [0.717, 1.165) is 39.5 Å². The lowest BCUT2D eigenvalue weighted by Crippen LogP contribution is -2.14. The van der Waals surface area contributed by atoms with Gasteiger partial charge in [-0.15, -0.1) is 11.3 Å². The molecule has 0 spiro atoms. The second kappa shape index (κ2) is 9.22. The Kier molecular flexibility index (Phi) is 6.67. The van der Waals surface area contributed by atoms with Crippen molar-refractivity contribution >= 4 is 29.3 Å². The van der Waals surface area contributed by atoms with Crippen molar-refractivity contribution in [1.29, 1.82) is 0 Å². The maximum absolute atomic E-state index is 12.0. The molecule has 3 rings (SSSR count). The molecule has 0 bridgehead atoms. The maximum Gasteiger partial charge on any atom is 0.261 e. The number of hydrogen-bond donors (Lipinski definition) is 1. The summed E-state index contributed by atoms with van der Waals surface area (Å²) in [6.07, 6.45) is 2.51. The van der Waals surface area contributed by atoms with Crippen LogP contribution in [0.25, 0.3) is 11.3 Å². The monoisotopic (exact) mass is 420 g/mol. The van der Waals surface area contributed by atoms with Gasteiger partial charge in [0.1, 0.15) is 4.88 Å². The van der Waals surface area contributed by atoms with E-state index in [1.165, 1.54) is 16.9 Å². The van der Waals surface area contributed by atoms with Crippen LogP contribution in [0, 0.1) is 20.8 Å². The summed E-state index contributed by atoms with van der Waals surface area (Å²) in [4.78, 5) is 23.9. The molecule has 0 aliphatic rings. The summed E-state index contributed by atoms with van der Waals surface area (Å²) in [6.45, 7) is 9.18. The summed E-state index contributed by atoms with van der Waals surface area (Å²) in [5.41, 5.74) is 12.8. The Morgan fingerprint density at radius 1 is 1.17 bits per heavy atom. The van der Waals surface area contributed by atoms with Crippen LogP contribution in [-0.2, 0) is 6.42 Å². The highest BCUT2D eigenvalue weighted by molar-refractivity contribution is 7.14. The van der Waals surface area contributed by atoms with E-state index in [-0.39, 0.29) is 0 Å². The van der Waals surface area contributed by atoms with Gasteiger partial charge in [0.05, 0.1) is 22.7 Å². The van der Waals surface area contributed by atoms with E-state index in [1.54, 1.807) is 0 Å². The number of nitrogens with two attached hydrogens (primary N) is 1. The molecule has 0 saturated carbocycles. The van der Waals surface area contributed by atoms with Gasteiger partial charge in [-0.2, -0.15) is 0 Å². The molecule has 2 aromatic carbocycles. The lowest BCUT2D eigenvalue weighted by molar-refractivity contribution is 0.100. The minimum absolute atomic E-state index is 0.438. The maximum atomic E-state index is 12.0. The van der Waals surface area contributed by atoms with Gasteiger partial charge in [-0.1, -0.05) is 35.9 Å². The number of primary amides is 1. The van der Waals surface area contributed by atoms with Crippen LogP contribution in [0.4, 0.5) is 5.69 Å². The minimum atomic E-state index is -0.438. The quantitative estimate of drug-likeness (QED) is 0.430. The third-order valence-corrected chi connectivity index (χ3v) is 6.18. The van der Waals surface area contributed by atoms with Crippen LogP contribution in [0.3, 0.4) is 0 Å². The first kappa shape index (κ1) is 21.7. The zero-order valence-corrected chi connectivity index (χ0v) is 19.0. The van der Waals surface area contributed by atoms with Crippen LogP contribution in [0.5, 0.6) is 0 Å². The second-order valence-corrected chi connectivity index (χ2v) is 8.66. The summed E-state index contributed by atoms with van der Waals surface area (Å²) in [7, 11) is 2.00. The fourth-order valence-electron chi connectivity index (χ4n) is 3.11. The molecule has 0 radical (unpaired) electrons. The van der Waals surface area contributed by atoms with Crippen molar-refractivity contribution in [3.63, 3.8) is 0 Å². The number of hydrogen-bond acceptors (Lipinski definition) is 4. The molecular weight excluding hydrogens is 392 g/mol. The SMILES string of the molecule is CCN(C)/C=N/c1cc(C)c(Cc2nc(-c3ccc(C)cc3)c(C(N)=O)s2)cc1C. The van der Waals surface area contributed by atoms with Gasteiger partial charge in [-0.3, -0.25) is 4.79 Å². The van der Waals surface area contributed by atoms with Gasteiger partial charge in [0, 0.05) is 25.6 Å². The molecule has 0 atom stereocenters. The van der Waals surface area contributed by atoms with Crippen molar-refractivity contribution < 1.29 is 4.79 Å². The lowest BCUT2D eigenvalue weighted by atomic mass is 10.0. The highest BCUT2D eigenvalue weighted by Gasteiger charge is 2.18. The van der Waals surface area contributed by atoms with Gasteiger partial charge in [-0.25, -0.2) is 9.98 Å². The van der Waals surface area contributed by atoms with Crippen LogP contribution < -0.4 is 5.73 Å². The summed E-state index contributed by atoms with van der Waals surface area (Å²) < 4.78 is 0. The van der Waals surface area contributed by atoms with Gasteiger partial charge in [0.25, 0.3) is 5.91 Å². The third-order valence-electron chi connectivity index (χ3n) is 5.11. The van der Waals surface area contributed by atoms with Crippen molar-refractivity contribution in [2.75, 3.05) is 13.6 Å². The summed E-state index contributed by atoms with van der Waals surface area (Å²) in [5.74, 6) is -0.438. The Morgan fingerprint density at radius 2 is 1.87 bits per heavy atom. The summed E-state index contributed by atoms with van der Waals surface area (Å²) >= 11 is 1.38. The largest absolute Gasteiger partial charge is 0.366 e. The number of rotatable bonds is 7. The number of nitrogens with zero attached hydrogens (tertiary/aromatic N) is 3. The van der Waals surface area contributed by atoms with Crippen molar-refractivity contribution in [2.45, 2.75) is 34.1 Å². The third kappa shape index (κ3) is 4.94. The molecule has 5 nitrogen and oxygen atoms in total. The Hall–Kier alpha value is -2.99. The predicted molar refractivity (Wildman–Crippen MR) is 126 cm³/mol. The van der Waals surface area contributed by atoms with Gasteiger partial charge in [0.15, 0.2) is 0 Å². The molecule has 0 aliphatic heterocycles. The smallest absolute Gasteiger partial charge is 0.261 e. The van der Waals surface area contributed by atoms with Gasteiger partial charge in [0.2, 0.25) is 0 Å². The van der Waals surface area contributed by atoms with Crippen LogP contribution in [-0.4, -0.2) is 35.7 Å². The number of amides is 1. The molecule has 0 aliphatic carbocycles. The Morgan fingerprint density at radius 3 is 2.50 bits per heavy atom. The van der Waals surface area contributed by atoms with Crippen LogP contribution in [0.15, 0.2) is 41.4 Å². The number of aliphatic imine (C=N–C) groups is 1. The number of aromatic nitrogens is 1. The topological polar surface area (TPSA) is 71.6 Å². The number of carbonyl (C=O) groups excluding carboxylic acids is 1. The number of benzene rings is 2. The molecule has 6 heteroatoms. The van der Waals surface area contributed by atoms with Crippen LogP contribution >= 0.6 is 11.3 Å². The molecule has 0 fully saturated rings. The average Bonchev–Trinajstić information content (AvgIpc) is 3.14. The van der Waals surface area contributed by atoms with E-state index in [9.17, 15) is 4.79 Å². The van der Waals surface area contributed by atoms with Gasteiger partial charge < -0.3 is 10.6 Å². The Bertz CT molecular complexity index is 1080. The number of aryl methyl sites for hydroxylation is 3. The van der Waals surface area contributed by atoms with Crippen LogP contribution in [0.1, 0.15) is 43.9 Å². The van der Waals surface area contributed by atoms with Crippen molar-refractivity contribution in [3.8, 4) is 11.3 Å². The van der Waals surface area contributed by atoms with Crippen molar-refractivity contribution in [2.24, 2.45) is 10.7 Å². The first-order valence-electron chi connectivity index (χ1n) is 9.99. The fraction of sp³-hybridized carbons (Fsp3) is 0.292. The van der Waals surface area contributed by atoms with E-state index < -0.39 is 5.91 Å². The molecule has 0 saturated heterocycles. The van der Waals surface area contributed by atoms with Gasteiger partial charge >= 0.3 is 0 Å². The predicted octanol–water partition coefficient (Wildman–Crippen LogP) is 5.04. The molecule has 30 heavy (non-hydrogen) atoms. The Balaban J connectivity index is 1.92. The first-order chi connectivity index (χ1) is 14.3. The summed E-state index contributed by atoms with van der Waals surface area (Å²) in [6, 6.07) is 12.3. The summed E-state index contributed by atoms with van der Waals surface area (Å²) in [5, 5.41) is 0.879. The van der Waals surface area contributed by atoms with E-state index in [2.05, 4.69) is 37.9 Å². The molecule has 156 valence electrons. The van der Waals surface area contributed by atoms with E-state index in [1.807, 2.05) is 49.5 Å². The standard InChI is InChI=1S/C24H28N4OS/c1-6-28(5)14-26-20-12-16(3)19(11-17(20)4)13-21-27-22(23(30-21)24(25)29)18-9-7-15(2)8-10-18/h7-12,14H,6,13H2,1-5H3,(H2,25,29)/b26-14+. The normalized spacial score (nSPS) is 11.2. The van der Waals surface area contributed by atoms with Crippen LogP contribution in [0.2, 0.25) is 0 Å². The molecule has 1 amide bonds. The minimum Gasteiger partial charge on any atom is -0.366 e. The first-order valence-corrected chi connectivity index (χ1v) is 10.8. The van der Waals surface area contributed by atoms with Gasteiger partial charge in [-0.05, 0) is 50.5 Å². The molecule has 2 N–H and O–H groups in total. The van der Waals surface area contributed by atoms with E-state index in [0.29, 0.717) is 17.0 Å². The van der Waals surface area contributed by atoms with E-state index >= 15 is 0 Å². The molecular formula is C24H28N4OS. The van der Waals surface area contributed by atoms with E-state index in [4.69, 9.17) is 10.7 Å². The highest BCUT2D eigenvalue weighted by Crippen LogP contribution is 2.31. The second-order valence-electron chi connectivity index (χ2n) is 7.58. The molecule has 1 aromatic heterocycles. The Labute approximate surface area is 182 Å². The zero-order chi connectivity index (χ0) is 21.8. The number of carbonyl (C=O) groups is 1. The molecule has 3 aromatic rings. The highest BCUT2D eigenvalue weighted by atomic mass is 32.1. The lowest BCUT2D eigenvalue weighted by Gasteiger charge is -2.11. The fourth-order valence-corrected chi connectivity index (χ4v) is 4.07. The zero-order valence-electron chi connectivity index (χ0n) is 18.2. The number of thiazole rings is 1. The molecule has 0 unspecified atom stereocenters. The van der Waals surface area contributed by atoms with Crippen molar-refractivity contribution in [1.82, 2.24) is 9.88 Å². The molecule has 1 heterocycles. The van der Waals surface area contributed by atoms with Crippen molar-refractivity contribution in [3.05, 3.63) is 68.5 Å².